The zero-order valence-electron chi connectivity index (χ0n) is 14.8. The molecule has 1 aromatic heterocycles. The number of fused-ring (bicyclic) bond motifs is 1. The number of aromatic nitrogens is 1. The Labute approximate surface area is 153 Å². The number of nitrogens with one attached hydrogen (secondary N) is 1. The van der Waals surface area contributed by atoms with Gasteiger partial charge in [-0.05, 0) is 23.3 Å². The van der Waals surface area contributed by atoms with Crippen molar-refractivity contribution in [2.45, 2.75) is 13.0 Å². The largest absolute Gasteiger partial charge is 0.490 e. The Morgan fingerprint density at radius 1 is 1.08 bits per heavy atom. The van der Waals surface area contributed by atoms with Gasteiger partial charge < -0.3 is 14.8 Å². The van der Waals surface area contributed by atoms with Crippen molar-refractivity contribution in [2.24, 2.45) is 0 Å². The number of hydrogen-bond acceptors (Lipinski definition) is 5. The first-order chi connectivity index (χ1) is 12.8. The molecule has 1 N–H and O–H groups in total. The minimum Gasteiger partial charge on any atom is -0.490 e. The van der Waals surface area contributed by atoms with Gasteiger partial charge in [0.1, 0.15) is 17.9 Å². The third-order valence-corrected chi connectivity index (χ3v) is 4.03. The molecule has 2 aromatic carbocycles. The molecule has 0 spiro atoms. The van der Waals surface area contributed by atoms with E-state index in [0.29, 0.717) is 26.1 Å². The lowest BCUT2D eigenvalue weighted by Gasteiger charge is -2.10. The van der Waals surface area contributed by atoms with Crippen molar-refractivity contribution in [3.8, 4) is 5.75 Å². The van der Waals surface area contributed by atoms with Crippen molar-refractivity contribution in [2.75, 3.05) is 20.3 Å². The topological polar surface area (TPSA) is 60.5 Å². The molecule has 0 aliphatic carbocycles. The monoisotopic (exact) mass is 350 g/mol. The number of nitrogens with zero attached hydrogens (tertiary/aromatic N) is 1. The average Bonchev–Trinajstić information content (AvgIpc) is 2.68. The smallest absolute Gasteiger partial charge is 0.309 e. The minimum atomic E-state index is -0.229. The molecule has 0 amide bonds. The molecule has 0 fully saturated rings. The molecule has 0 aliphatic rings. The van der Waals surface area contributed by atoms with Crippen LogP contribution in [0.25, 0.3) is 10.9 Å². The van der Waals surface area contributed by atoms with Crippen molar-refractivity contribution in [1.82, 2.24) is 10.3 Å². The van der Waals surface area contributed by atoms with E-state index < -0.39 is 0 Å². The van der Waals surface area contributed by atoms with Gasteiger partial charge >= 0.3 is 5.97 Å². The minimum absolute atomic E-state index is 0.229. The van der Waals surface area contributed by atoms with Crippen molar-refractivity contribution in [3.63, 3.8) is 0 Å². The first kappa shape index (κ1) is 17.9. The maximum Gasteiger partial charge on any atom is 0.309 e. The third kappa shape index (κ3) is 4.80. The molecule has 0 bridgehead atoms. The Balaban J connectivity index is 1.47. The molecule has 26 heavy (non-hydrogen) atoms. The van der Waals surface area contributed by atoms with Crippen molar-refractivity contribution >= 4 is 16.9 Å². The lowest BCUT2D eigenvalue weighted by atomic mass is 10.1. The Morgan fingerprint density at radius 3 is 2.77 bits per heavy atom. The Kier molecular flexibility index (Phi) is 6.17. The second kappa shape index (κ2) is 8.97. The van der Waals surface area contributed by atoms with Crippen LogP contribution in [0.2, 0.25) is 0 Å². The Morgan fingerprint density at radius 2 is 1.88 bits per heavy atom. The van der Waals surface area contributed by atoms with Crippen LogP contribution in [0, 0.1) is 0 Å². The molecule has 1 heterocycles. The lowest BCUT2D eigenvalue weighted by molar-refractivity contribution is -0.139. The molecule has 3 rings (SSSR count). The third-order valence-electron chi connectivity index (χ3n) is 4.03. The number of methoxy groups -OCH3 is 1. The van der Waals surface area contributed by atoms with Gasteiger partial charge in [-0.2, -0.15) is 0 Å². The summed E-state index contributed by atoms with van der Waals surface area (Å²) in [7, 11) is 1.40. The fraction of sp³-hybridized carbons (Fsp3) is 0.238. The van der Waals surface area contributed by atoms with Gasteiger partial charge in [0.25, 0.3) is 0 Å². The van der Waals surface area contributed by atoms with E-state index in [-0.39, 0.29) is 5.97 Å². The van der Waals surface area contributed by atoms with Gasteiger partial charge in [0.2, 0.25) is 0 Å². The van der Waals surface area contributed by atoms with E-state index in [1.807, 2.05) is 54.6 Å². The number of hydrogen-bond donors (Lipinski definition) is 1. The molecule has 5 heteroatoms. The van der Waals surface area contributed by atoms with Crippen LogP contribution in [0.5, 0.6) is 5.75 Å². The van der Waals surface area contributed by atoms with Gasteiger partial charge in [0.05, 0.1) is 13.5 Å². The number of benzene rings is 2. The second-order valence-electron chi connectivity index (χ2n) is 5.93. The average molecular weight is 350 g/mol. The van der Waals surface area contributed by atoms with Crippen LogP contribution in [0.4, 0.5) is 0 Å². The predicted molar refractivity (Wildman–Crippen MR) is 101 cm³/mol. The summed E-state index contributed by atoms with van der Waals surface area (Å²) < 4.78 is 10.6. The van der Waals surface area contributed by atoms with Crippen LogP contribution in [0.3, 0.4) is 0 Å². The highest BCUT2D eigenvalue weighted by molar-refractivity contribution is 5.84. The number of ether oxygens (including phenoxy) is 2. The van der Waals surface area contributed by atoms with E-state index in [0.717, 1.165) is 27.8 Å². The maximum atomic E-state index is 11.4. The lowest BCUT2D eigenvalue weighted by Crippen LogP contribution is -2.20. The highest BCUT2D eigenvalue weighted by Crippen LogP contribution is 2.22. The van der Waals surface area contributed by atoms with E-state index in [4.69, 9.17) is 9.47 Å². The number of carbonyl (C=O) groups excluding carboxylic acids is 1. The van der Waals surface area contributed by atoms with E-state index >= 15 is 0 Å². The van der Waals surface area contributed by atoms with Crippen molar-refractivity contribution in [3.05, 3.63) is 71.9 Å². The molecule has 0 aliphatic heterocycles. The van der Waals surface area contributed by atoms with Gasteiger partial charge in [0, 0.05) is 24.7 Å². The van der Waals surface area contributed by atoms with Gasteiger partial charge in [0.15, 0.2) is 0 Å². The van der Waals surface area contributed by atoms with Crippen LogP contribution < -0.4 is 10.1 Å². The zero-order valence-corrected chi connectivity index (χ0v) is 14.8. The standard InChI is InChI=1S/C21H22N2O3/c1-25-20(24)14-16-5-2-6-17(13-16)15-22-11-12-26-19-9-3-7-18-8-4-10-23-21(18)19/h2-10,13,22H,11-12,14-15H2,1H3. The highest BCUT2D eigenvalue weighted by atomic mass is 16.5. The number of rotatable bonds is 8. The maximum absolute atomic E-state index is 11.4. The fourth-order valence-corrected chi connectivity index (χ4v) is 2.75. The zero-order chi connectivity index (χ0) is 18.2. The van der Waals surface area contributed by atoms with E-state index in [2.05, 4.69) is 10.3 Å². The second-order valence-corrected chi connectivity index (χ2v) is 5.93. The highest BCUT2D eigenvalue weighted by Gasteiger charge is 2.04. The van der Waals surface area contributed by atoms with Crippen LogP contribution >= 0.6 is 0 Å². The summed E-state index contributed by atoms with van der Waals surface area (Å²) in [4.78, 5) is 15.7. The summed E-state index contributed by atoms with van der Waals surface area (Å²) in [5, 5.41) is 4.42. The number of carbonyl (C=O) groups is 1. The summed E-state index contributed by atoms with van der Waals surface area (Å²) in [5.41, 5.74) is 2.96. The molecule has 0 radical (unpaired) electrons. The first-order valence-corrected chi connectivity index (χ1v) is 8.58. The van der Waals surface area contributed by atoms with Gasteiger partial charge in [-0.1, -0.05) is 42.5 Å². The molecule has 0 atom stereocenters. The SMILES string of the molecule is COC(=O)Cc1cccc(CNCCOc2cccc3cccnc23)c1. The van der Waals surface area contributed by atoms with Crippen molar-refractivity contribution in [1.29, 1.82) is 0 Å². The quantitative estimate of drug-likeness (QED) is 0.500. The van der Waals surface area contributed by atoms with E-state index in [1.54, 1.807) is 6.20 Å². The van der Waals surface area contributed by atoms with E-state index in [1.165, 1.54) is 7.11 Å². The normalized spacial score (nSPS) is 10.7. The fourth-order valence-electron chi connectivity index (χ4n) is 2.75. The van der Waals surface area contributed by atoms with Crippen LogP contribution in [-0.2, 0) is 22.5 Å². The Bertz CT molecular complexity index is 875. The summed E-state index contributed by atoms with van der Waals surface area (Å²) >= 11 is 0. The first-order valence-electron chi connectivity index (χ1n) is 8.58. The van der Waals surface area contributed by atoms with Crippen LogP contribution in [0.15, 0.2) is 60.8 Å². The molecule has 0 unspecified atom stereocenters. The summed E-state index contributed by atoms with van der Waals surface area (Å²) in [6.07, 6.45) is 2.07. The number of pyridine rings is 1. The van der Waals surface area contributed by atoms with Gasteiger partial charge in [-0.15, -0.1) is 0 Å². The van der Waals surface area contributed by atoms with Crippen LogP contribution in [-0.4, -0.2) is 31.2 Å². The number of esters is 1. The van der Waals surface area contributed by atoms with Gasteiger partial charge in [-0.25, -0.2) is 0 Å². The van der Waals surface area contributed by atoms with E-state index in [9.17, 15) is 4.79 Å². The molecular weight excluding hydrogens is 328 g/mol. The summed E-state index contributed by atoms with van der Waals surface area (Å²) in [6.45, 7) is 1.98. The van der Waals surface area contributed by atoms with Gasteiger partial charge in [-0.3, -0.25) is 9.78 Å². The number of para-hydroxylation sites is 1. The molecule has 134 valence electrons. The van der Waals surface area contributed by atoms with Crippen molar-refractivity contribution < 1.29 is 14.3 Å². The molecule has 0 saturated heterocycles. The van der Waals surface area contributed by atoms with Crippen LogP contribution in [0.1, 0.15) is 11.1 Å². The molecular formula is C21H22N2O3. The summed E-state index contributed by atoms with van der Waals surface area (Å²) in [5.74, 6) is 0.567. The molecule has 5 nitrogen and oxygen atoms in total. The predicted octanol–water partition coefficient (Wildman–Crippen LogP) is 3.12. The Hall–Kier alpha value is -2.92. The summed E-state index contributed by atoms with van der Waals surface area (Å²) in [6, 6.07) is 17.8. The molecule has 3 aromatic rings. The molecule has 0 saturated carbocycles.